The molecular weight excluding hydrogens is 261 g/mol. The highest BCUT2D eigenvalue weighted by Gasteiger charge is 2.31. The molecule has 6 heteroatoms. The van der Waals surface area contributed by atoms with Crippen LogP contribution in [-0.2, 0) is 0 Å². The van der Waals surface area contributed by atoms with Crippen LogP contribution in [-0.4, -0.2) is 11.3 Å². The zero-order valence-electron chi connectivity index (χ0n) is 8.27. The predicted octanol–water partition coefficient (Wildman–Crippen LogP) is 4.54. The number of Topliss-reactive ketones (excluding diaryl/α,β-unsaturated/α-hetero) is 1. The Kier molecular flexibility index (Phi) is 4.27. The third-order valence-electron chi connectivity index (χ3n) is 1.81. The number of halogens is 4. The maximum absolute atomic E-state index is 12.2. The molecule has 0 aromatic heterocycles. The normalized spacial score (nSPS) is 11.6. The molecule has 1 aromatic rings. The van der Waals surface area contributed by atoms with Crippen LogP contribution in [0.3, 0.4) is 0 Å². The maximum Gasteiger partial charge on any atom is 0.446 e. The number of hydrogen-bond acceptors (Lipinski definition) is 2. The van der Waals surface area contributed by atoms with E-state index in [1.54, 1.807) is 6.92 Å². The summed E-state index contributed by atoms with van der Waals surface area (Å²) in [5.74, 6) is -0.269. The van der Waals surface area contributed by atoms with Crippen molar-refractivity contribution in [3.8, 4) is 0 Å². The lowest BCUT2D eigenvalue weighted by molar-refractivity contribution is -0.0328. The van der Waals surface area contributed by atoms with Crippen molar-refractivity contribution in [1.29, 1.82) is 0 Å². The molecule has 1 nitrogen and oxygen atoms in total. The highest BCUT2D eigenvalue weighted by Crippen LogP contribution is 2.41. The Morgan fingerprint density at radius 3 is 2.56 bits per heavy atom. The van der Waals surface area contributed by atoms with E-state index in [0.29, 0.717) is 0 Å². The van der Waals surface area contributed by atoms with Crippen LogP contribution in [0.2, 0.25) is 5.02 Å². The number of rotatable bonds is 3. The van der Waals surface area contributed by atoms with Gasteiger partial charge in [-0.2, -0.15) is 13.2 Å². The summed E-state index contributed by atoms with van der Waals surface area (Å²) in [5.41, 5.74) is -4.27. The number of benzene rings is 1. The van der Waals surface area contributed by atoms with Gasteiger partial charge in [-0.25, -0.2) is 0 Å². The second kappa shape index (κ2) is 5.10. The summed E-state index contributed by atoms with van der Waals surface area (Å²) in [5, 5.41) is -0.128. The van der Waals surface area contributed by atoms with Crippen molar-refractivity contribution >= 4 is 29.1 Å². The second-order valence-electron chi connectivity index (χ2n) is 2.94. The molecule has 0 fully saturated rings. The van der Waals surface area contributed by atoms with Crippen LogP contribution < -0.4 is 0 Å². The zero-order valence-corrected chi connectivity index (χ0v) is 9.84. The topological polar surface area (TPSA) is 17.1 Å². The molecule has 0 aliphatic rings. The first kappa shape index (κ1) is 13.4. The smallest absolute Gasteiger partial charge is 0.294 e. The Hall–Kier alpha value is -0.680. The SMILES string of the molecule is CCC(=O)c1cccc(SC(F)(F)F)c1Cl. The molecule has 0 unspecified atom stereocenters. The molecule has 0 N–H and O–H groups in total. The molecular formula is C10H8ClF3OS. The maximum atomic E-state index is 12.2. The van der Waals surface area contributed by atoms with Gasteiger partial charge in [0.1, 0.15) is 0 Å². The number of carbonyl (C=O) groups excluding carboxylic acids is 1. The minimum atomic E-state index is -4.41. The standard InChI is InChI=1S/C10H8ClF3OS/c1-2-7(15)6-4-3-5-8(9(6)11)16-10(12,13)14/h3-5H,2H2,1H3. The van der Waals surface area contributed by atoms with Gasteiger partial charge in [-0.05, 0) is 23.9 Å². The fraction of sp³-hybridized carbons (Fsp3) is 0.300. The van der Waals surface area contributed by atoms with E-state index in [1.165, 1.54) is 18.2 Å². The highest BCUT2D eigenvalue weighted by atomic mass is 35.5. The number of carbonyl (C=O) groups is 1. The Morgan fingerprint density at radius 2 is 2.06 bits per heavy atom. The van der Waals surface area contributed by atoms with Gasteiger partial charge in [0, 0.05) is 16.9 Å². The van der Waals surface area contributed by atoms with E-state index in [9.17, 15) is 18.0 Å². The number of alkyl halides is 3. The quantitative estimate of drug-likeness (QED) is 0.591. The zero-order chi connectivity index (χ0) is 12.3. The summed E-state index contributed by atoms with van der Waals surface area (Å²) in [4.78, 5) is 11.2. The molecule has 0 saturated heterocycles. The Labute approximate surface area is 100.0 Å². The molecule has 16 heavy (non-hydrogen) atoms. The Balaban J connectivity index is 3.09. The number of hydrogen-bond donors (Lipinski definition) is 0. The van der Waals surface area contributed by atoms with Gasteiger partial charge in [-0.15, -0.1) is 0 Å². The van der Waals surface area contributed by atoms with E-state index in [1.807, 2.05) is 0 Å². The van der Waals surface area contributed by atoms with E-state index in [0.717, 1.165) is 0 Å². The van der Waals surface area contributed by atoms with Crippen LogP contribution in [0, 0.1) is 0 Å². The summed E-state index contributed by atoms with van der Waals surface area (Å²) < 4.78 is 36.5. The lowest BCUT2D eigenvalue weighted by atomic mass is 10.1. The van der Waals surface area contributed by atoms with Crippen molar-refractivity contribution in [1.82, 2.24) is 0 Å². The van der Waals surface area contributed by atoms with E-state index in [-0.39, 0.29) is 39.4 Å². The average Bonchev–Trinajstić information content (AvgIpc) is 2.18. The minimum absolute atomic E-state index is 0.128. The Morgan fingerprint density at radius 1 is 1.44 bits per heavy atom. The van der Waals surface area contributed by atoms with Crippen molar-refractivity contribution in [2.75, 3.05) is 0 Å². The molecule has 0 spiro atoms. The molecule has 0 radical (unpaired) electrons. The van der Waals surface area contributed by atoms with Gasteiger partial charge in [0.05, 0.1) is 5.02 Å². The van der Waals surface area contributed by atoms with Gasteiger partial charge in [-0.3, -0.25) is 4.79 Å². The van der Waals surface area contributed by atoms with Crippen LogP contribution in [0.1, 0.15) is 23.7 Å². The molecule has 1 rings (SSSR count). The molecule has 1 aromatic carbocycles. The first-order valence-electron chi connectivity index (χ1n) is 4.42. The summed E-state index contributed by atoms with van der Waals surface area (Å²) in [7, 11) is 0. The van der Waals surface area contributed by atoms with Gasteiger partial charge in [0.2, 0.25) is 0 Å². The van der Waals surface area contributed by atoms with Crippen molar-refractivity contribution in [3.05, 3.63) is 28.8 Å². The molecule has 0 bridgehead atoms. The fourth-order valence-electron chi connectivity index (χ4n) is 1.12. The number of thioether (sulfide) groups is 1. The first-order chi connectivity index (χ1) is 7.35. The lowest BCUT2D eigenvalue weighted by Crippen LogP contribution is -2.02. The summed E-state index contributed by atoms with van der Waals surface area (Å²) >= 11 is 5.43. The lowest BCUT2D eigenvalue weighted by Gasteiger charge is -2.09. The molecule has 0 aliphatic heterocycles. The van der Waals surface area contributed by atoms with Crippen LogP contribution in [0.5, 0.6) is 0 Å². The van der Waals surface area contributed by atoms with Crippen LogP contribution in [0.15, 0.2) is 23.1 Å². The van der Waals surface area contributed by atoms with E-state index in [2.05, 4.69) is 0 Å². The third-order valence-corrected chi connectivity index (χ3v) is 3.12. The molecule has 88 valence electrons. The molecule has 0 aliphatic carbocycles. The van der Waals surface area contributed by atoms with Gasteiger partial charge in [0.25, 0.3) is 0 Å². The van der Waals surface area contributed by atoms with Crippen molar-refractivity contribution in [2.45, 2.75) is 23.7 Å². The van der Waals surface area contributed by atoms with Crippen LogP contribution >= 0.6 is 23.4 Å². The summed E-state index contributed by atoms with van der Waals surface area (Å²) in [6.07, 6.45) is 0.208. The van der Waals surface area contributed by atoms with Crippen LogP contribution in [0.4, 0.5) is 13.2 Å². The average molecular weight is 269 g/mol. The molecule has 0 atom stereocenters. The fourth-order valence-corrected chi connectivity index (χ4v) is 2.06. The first-order valence-corrected chi connectivity index (χ1v) is 5.62. The molecule has 0 amide bonds. The largest absolute Gasteiger partial charge is 0.446 e. The predicted molar refractivity (Wildman–Crippen MR) is 58.0 cm³/mol. The van der Waals surface area contributed by atoms with E-state index < -0.39 is 5.51 Å². The van der Waals surface area contributed by atoms with Gasteiger partial charge < -0.3 is 0 Å². The second-order valence-corrected chi connectivity index (χ2v) is 4.43. The monoisotopic (exact) mass is 268 g/mol. The van der Waals surface area contributed by atoms with Crippen molar-refractivity contribution in [2.24, 2.45) is 0 Å². The minimum Gasteiger partial charge on any atom is -0.294 e. The number of ketones is 1. The summed E-state index contributed by atoms with van der Waals surface area (Å²) in [6, 6.07) is 4.06. The van der Waals surface area contributed by atoms with Crippen molar-refractivity contribution < 1.29 is 18.0 Å². The highest BCUT2D eigenvalue weighted by molar-refractivity contribution is 8.00. The van der Waals surface area contributed by atoms with E-state index >= 15 is 0 Å². The molecule has 0 heterocycles. The van der Waals surface area contributed by atoms with Crippen LogP contribution in [0.25, 0.3) is 0 Å². The van der Waals surface area contributed by atoms with Crippen molar-refractivity contribution in [3.63, 3.8) is 0 Å². The Bertz CT molecular complexity index is 404. The third kappa shape index (κ3) is 3.42. The van der Waals surface area contributed by atoms with Gasteiger partial charge in [-0.1, -0.05) is 24.6 Å². The molecule has 0 saturated carbocycles. The van der Waals surface area contributed by atoms with E-state index in [4.69, 9.17) is 11.6 Å². The summed E-state index contributed by atoms with van der Waals surface area (Å²) in [6.45, 7) is 1.63. The van der Waals surface area contributed by atoms with Gasteiger partial charge in [0.15, 0.2) is 5.78 Å². The van der Waals surface area contributed by atoms with Gasteiger partial charge >= 0.3 is 5.51 Å².